The minimum atomic E-state index is -0.336. The Labute approximate surface area is 114 Å². The van der Waals surface area contributed by atoms with Crippen molar-refractivity contribution >= 4 is 23.5 Å². The number of ketones is 1. The fourth-order valence-electron chi connectivity index (χ4n) is 1.69. The number of rotatable bonds is 3. The maximum Gasteiger partial charge on any atom is 0.249 e. The average Bonchev–Trinajstić information content (AvgIpc) is 2.38. The van der Waals surface area contributed by atoms with Crippen LogP contribution in [0.15, 0.2) is 41.2 Å². The number of aromatic nitrogens is 1. The van der Waals surface area contributed by atoms with Crippen LogP contribution in [0.5, 0.6) is 0 Å². The lowest BCUT2D eigenvalue weighted by molar-refractivity contribution is 0.101. The van der Waals surface area contributed by atoms with Gasteiger partial charge in [0.2, 0.25) is 10.7 Å². The largest absolute Gasteiger partial charge is 0.322 e. The first kappa shape index (κ1) is 13.3. The molecule has 0 bridgehead atoms. The number of hydrogen-bond donors (Lipinski definition) is 2. The molecule has 0 aliphatic rings. The Kier molecular flexibility index (Phi) is 3.66. The smallest absolute Gasteiger partial charge is 0.249 e. The molecule has 0 aliphatic carbocycles. The lowest BCUT2D eigenvalue weighted by Gasteiger charge is -2.04. The molecule has 0 radical (unpaired) electrons. The molecule has 1 heterocycles. The van der Waals surface area contributed by atoms with E-state index in [1.54, 1.807) is 30.3 Å². The minimum Gasteiger partial charge on any atom is -0.322 e. The van der Waals surface area contributed by atoms with E-state index in [0.29, 0.717) is 16.8 Å². The van der Waals surface area contributed by atoms with Crippen LogP contribution in [0.2, 0.25) is 0 Å². The fraction of sp³-hybridized carbons (Fsp3) is 0.0714. The molecule has 4 nitrogen and oxygen atoms in total. The zero-order valence-electron chi connectivity index (χ0n) is 10.1. The van der Waals surface area contributed by atoms with Crippen LogP contribution < -0.4 is 5.56 Å². The molecule has 5 heteroatoms. The van der Waals surface area contributed by atoms with Crippen molar-refractivity contribution in [2.45, 2.75) is 6.92 Å². The summed E-state index contributed by atoms with van der Waals surface area (Å²) in [6, 6.07) is 9.49. The number of benzene rings is 1. The molecule has 1 N–H and O–H groups in total. The van der Waals surface area contributed by atoms with E-state index in [4.69, 9.17) is 0 Å². The van der Waals surface area contributed by atoms with Gasteiger partial charge >= 0.3 is 0 Å². The highest BCUT2D eigenvalue weighted by atomic mass is 32.1. The predicted octanol–water partition coefficient (Wildman–Crippen LogP) is 2.31. The minimum absolute atomic E-state index is 0.172. The first-order chi connectivity index (χ1) is 8.97. The summed E-state index contributed by atoms with van der Waals surface area (Å²) in [6.45, 7) is 1.40. The van der Waals surface area contributed by atoms with Crippen LogP contribution in [-0.2, 0) is 0 Å². The Morgan fingerprint density at radius 1 is 1.05 bits per heavy atom. The summed E-state index contributed by atoms with van der Waals surface area (Å²) in [5.74, 6) is -0.172. The van der Waals surface area contributed by atoms with Crippen molar-refractivity contribution in [3.63, 3.8) is 0 Å². The summed E-state index contributed by atoms with van der Waals surface area (Å²) in [5, 5.41) is -0.322. The van der Waals surface area contributed by atoms with Gasteiger partial charge in [-0.25, -0.2) is 0 Å². The summed E-state index contributed by atoms with van der Waals surface area (Å²) in [4.78, 5) is 36.5. The SMILES string of the molecule is CC(=O)c1cc(-c2ccc(C(=O)S)cc2)[nH]c(=O)c1. The molecule has 0 saturated heterocycles. The molecule has 1 aromatic carbocycles. The molecule has 2 aromatic rings. The van der Waals surface area contributed by atoms with Gasteiger partial charge in [-0.1, -0.05) is 12.1 Å². The summed E-state index contributed by atoms with van der Waals surface area (Å²) < 4.78 is 0. The number of Topliss-reactive ketones (excluding diaryl/α,β-unsaturated/α-hetero) is 1. The molecule has 0 saturated carbocycles. The standard InChI is InChI=1S/C14H11NO3S/c1-8(16)11-6-12(15-13(17)7-11)9-2-4-10(5-3-9)14(18)19/h2-7H,1H3,(H,15,17)(H,18,19). The van der Waals surface area contributed by atoms with Gasteiger partial charge in [-0.2, -0.15) is 0 Å². The second-order valence-corrected chi connectivity index (χ2v) is 4.49. The molecule has 0 fully saturated rings. The average molecular weight is 273 g/mol. The second kappa shape index (κ2) is 5.24. The first-order valence-electron chi connectivity index (χ1n) is 5.56. The van der Waals surface area contributed by atoms with E-state index in [0.717, 1.165) is 5.56 Å². The molecule has 0 unspecified atom stereocenters. The molecule has 0 spiro atoms. The Bertz CT molecular complexity index is 701. The monoisotopic (exact) mass is 273 g/mol. The lowest BCUT2D eigenvalue weighted by atomic mass is 10.1. The van der Waals surface area contributed by atoms with Crippen LogP contribution in [0, 0.1) is 0 Å². The van der Waals surface area contributed by atoms with E-state index in [1.807, 2.05) is 0 Å². The summed E-state index contributed by atoms with van der Waals surface area (Å²) in [5.41, 5.74) is 1.75. The molecule has 2 rings (SSSR count). The first-order valence-corrected chi connectivity index (χ1v) is 6.01. The number of carbonyl (C=O) groups is 2. The third-order valence-corrected chi connectivity index (χ3v) is 2.95. The Hall–Kier alpha value is -2.14. The molecular formula is C14H11NO3S. The molecule has 1 aromatic heterocycles. The predicted molar refractivity (Wildman–Crippen MR) is 75.8 cm³/mol. The number of aromatic amines is 1. The highest BCUT2D eigenvalue weighted by molar-refractivity contribution is 7.97. The van der Waals surface area contributed by atoms with Crippen molar-refractivity contribution in [3.8, 4) is 11.3 Å². The number of pyridine rings is 1. The molecule has 0 atom stereocenters. The van der Waals surface area contributed by atoms with E-state index >= 15 is 0 Å². The van der Waals surface area contributed by atoms with Gasteiger partial charge in [-0.05, 0) is 30.7 Å². The maximum absolute atomic E-state index is 11.5. The van der Waals surface area contributed by atoms with Gasteiger partial charge in [0, 0.05) is 22.9 Å². The molecular weight excluding hydrogens is 262 g/mol. The third kappa shape index (κ3) is 3.00. The van der Waals surface area contributed by atoms with Crippen LogP contribution >= 0.6 is 12.6 Å². The third-order valence-electron chi connectivity index (χ3n) is 2.69. The zero-order chi connectivity index (χ0) is 14.0. The highest BCUT2D eigenvalue weighted by Gasteiger charge is 2.06. The van der Waals surface area contributed by atoms with E-state index in [1.165, 1.54) is 13.0 Å². The zero-order valence-corrected chi connectivity index (χ0v) is 11.0. The van der Waals surface area contributed by atoms with Gasteiger partial charge in [-0.3, -0.25) is 14.4 Å². The van der Waals surface area contributed by atoms with E-state index in [2.05, 4.69) is 17.6 Å². The molecule has 0 amide bonds. The number of hydrogen-bond acceptors (Lipinski definition) is 3. The Morgan fingerprint density at radius 2 is 1.68 bits per heavy atom. The second-order valence-electron chi connectivity index (χ2n) is 4.09. The molecule has 96 valence electrons. The van der Waals surface area contributed by atoms with Crippen molar-refractivity contribution in [1.82, 2.24) is 4.98 Å². The van der Waals surface area contributed by atoms with E-state index in [9.17, 15) is 14.4 Å². The van der Waals surface area contributed by atoms with Gasteiger partial charge in [0.1, 0.15) is 0 Å². The summed E-state index contributed by atoms with van der Waals surface area (Å²) in [7, 11) is 0. The summed E-state index contributed by atoms with van der Waals surface area (Å²) >= 11 is 3.73. The van der Waals surface area contributed by atoms with Crippen LogP contribution in [0.25, 0.3) is 11.3 Å². The van der Waals surface area contributed by atoms with Crippen LogP contribution in [0.1, 0.15) is 27.6 Å². The molecule has 19 heavy (non-hydrogen) atoms. The number of carbonyl (C=O) groups excluding carboxylic acids is 2. The fourth-order valence-corrected chi connectivity index (χ4v) is 1.84. The topological polar surface area (TPSA) is 67.0 Å². The summed E-state index contributed by atoms with van der Waals surface area (Å²) in [6.07, 6.45) is 0. The van der Waals surface area contributed by atoms with E-state index in [-0.39, 0.29) is 16.5 Å². The van der Waals surface area contributed by atoms with Gasteiger partial charge in [0.25, 0.3) is 0 Å². The quantitative estimate of drug-likeness (QED) is 0.666. The van der Waals surface area contributed by atoms with Crippen molar-refractivity contribution in [1.29, 1.82) is 0 Å². The number of thiol groups is 1. The number of H-pyrrole nitrogens is 1. The van der Waals surface area contributed by atoms with Gasteiger partial charge in [-0.15, -0.1) is 12.6 Å². The van der Waals surface area contributed by atoms with Crippen molar-refractivity contribution in [3.05, 3.63) is 57.9 Å². The maximum atomic E-state index is 11.5. The van der Waals surface area contributed by atoms with Crippen molar-refractivity contribution < 1.29 is 9.59 Å². The Balaban J connectivity index is 2.49. The van der Waals surface area contributed by atoms with Gasteiger partial charge < -0.3 is 4.98 Å². The van der Waals surface area contributed by atoms with Crippen LogP contribution in [0.4, 0.5) is 0 Å². The lowest BCUT2D eigenvalue weighted by Crippen LogP contribution is -2.09. The normalized spacial score (nSPS) is 10.2. The molecule has 0 aliphatic heterocycles. The number of nitrogens with one attached hydrogen (secondary N) is 1. The van der Waals surface area contributed by atoms with Crippen LogP contribution in [-0.4, -0.2) is 15.9 Å². The highest BCUT2D eigenvalue weighted by Crippen LogP contribution is 2.18. The Morgan fingerprint density at radius 3 is 2.21 bits per heavy atom. The van der Waals surface area contributed by atoms with Crippen molar-refractivity contribution in [2.75, 3.05) is 0 Å². The van der Waals surface area contributed by atoms with Crippen molar-refractivity contribution in [2.24, 2.45) is 0 Å². The van der Waals surface area contributed by atoms with Gasteiger partial charge in [0.15, 0.2) is 5.78 Å². The van der Waals surface area contributed by atoms with Crippen LogP contribution in [0.3, 0.4) is 0 Å². The van der Waals surface area contributed by atoms with Gasteiger partial charge in [0.05, 0.1) is 0 Å². The van der Waals surface area contributed by atoms with E-state index < -0.39 is 0 Å².